The van der Waals surface area contributed by atoms with Gasteiger partial charge in [-0.2, -0.15) is 0 Å². The molecule has 0 saturated carbocycles. The van der Waals surface area contributed by atoms with Gasteiger partial charge in [-0.1, -0.05) is 12.1 Å². The lowest BCUT2D eigenvalue weighted by Gasteiger charge is -2.14. The van der Waals surface area contributed by atoms with Gasteiger partial charge in [0.05, 0.1) is 12.2 Å². The first-order chi connectivity index (χ1) is 9.14. The molecule has 0 spiro atoms. The summed E-state index contributed by atoms with van der Waals surface area (Å²) < 4.78 is 56.2. The Hall–Kier alpha value is -1.37. The molecule has 1 aromatic carbocycles. The maximum Gasteiger partial charge on any atom is 0.573 e. The fraction of sp³-hybridized carbons (Fsp3) is 0.364. The molecule has 112 valence electrons. The number of benzene rings is 1. The van der Waals surface area contributed by atoms with Gasteiger partial charge in [0.2, 0.25) is 0 Å². The Balaban J connectivity index is 2.96. The molecule has 0 fully saturated rings. The molecule has 5 nitrogen and oxygen atoms in total. The first-order valence-electron chi connectivity index (χ1n) is 5.49. The summed E-state index contributed by atoms with van der Waals surface area (Å²) in [5, 5.41) is 0. The van der Waals surface area contributed by atoms with Gasteiger partial charge in [-0.3, -0.25) is 9.36 Å². The molecule has 0 aliphatic carbocycles. The van der Waals surface area contributed by atoms with Gasteiger partial charge in [0.15, 0.2) is 5.78 Å². The van der Waals surface area contributed by atoms with Crippen molar-refractivity contribution in [1.29, 1.82) is 0 Å². The number of hydrogen-bond acceptors (Lipinski definition) is 4. The van der Waals surface area contributed by atoms with Crippen molar-refractivity contribution in [2.45, 2.75) is 13.3 Å². The smallest absolute Gasteiger partial charge is 0.405 e. The molecule has 0 bridgehead atoms. The molecular formula is C11H12F3O5P. The molecule has 1 rings (SSSR count). The van der Waals surface area contributed by atoms with Crippen LogP contribution in [0.5, 0.6) is 5.75 Å². The van der Waals surface area contributed by atoms with E-state index in [4.69, 9.17) is 0 Å². The average Bonchev–Trinajstić information content (AvgIpc) is 2.26. The van der Waals surface area contributed by atoms with Gasteiger partial charge >= 0.3 is 14.0 Å². The quantitative estimate of drug-likeness (QED) is 0.646. The van der Waals surface area contributed by atoms with Crippen molar-refractivity contribution in [2.75, 3.05) is 12.8 Å². The summed E-state index contributed by atoms with van der Waals surface area (Å²) in [6.07, 6.45) is -5.88. The van der Waals surface area contributed by atoms with Crippen LogP contribution in [0.25, 0.3) is 0 Å². The maximum atomic E-state index is 12.2. The van der Waals surface area contributed by atoms with E-state index in [2.05, 4.69) is 9.26 Å². The minimum Gasteiger partial charge on any atom is -0.405 e. The van der Waals surface area contributed by atoms with Crippen molar-refractivity contribution in [2.24, 2.45) is 0 Å². The Labute approximate surface area is 112 Å². The highest BCUT2D eigenvalue weighted by molar-refractivity contribution is 7.53. The normalized spacial score (nSPS) is 14.7. The molecular weight excluding hydrogens is 300 g/mol. The second-order valence-electron chi connectivity index (χ2n) is 3.68. The molecule has 0 saturated heterocycles. The Morgan fingerprint density at radius 1 is 1.35 bits per heavy atom. The van der Waals surface area contributed by atoms with E-state index in [0.717, 1.165) is 12.1 Å². The fourth-order valence-corrected chi connectivity index (χ4v) is 2.45. The Kier molecular flexibility index (Phi) is 5.33. The topological polar surface area (TPSA) is 72.8 Å². The third kappa shape index (κ3) is 5.32. The Morgan fingerprint density at radius 2 is 1.95 bits per heavy atom. The number of carbonyl (C=O) groups is 1. The number of carbonyl (C=O) groups excluding carboxylic acids is 1. The zero-order chi connectivity index (χ0) is 15.4. The maximum absolute atomic E-state index is 12.2. The van der Waals surface area contributed by atoms with Crippen LogP contribution in [0.1, 0.15) is 17.3 Å². The molecule has 0 radical (unpaired) electrons. The molecule has 1 aromatic rings. The van der Waals surface area contributed by atoms with Gasteiger partial charge in [0.1, 0.15) is 11.9 Å². The van der Waals surface area contributed by atoms with E-state index in [9.17, 15) is 27.4 Å². The molecule has 0 amide bonds. The van der Waals surface area contributed by atoms with Gasteiger partial charge in [0.25, 0.3) is 0 Å². The molecule has 20 heavy (non-hydrogen) atoms. The van der Waals surface area contributed by atoms with Gasteiger partial charge in [0, 0.05) is 0 Å². The van der Waals surface area contributed by atoms with Crippen molar-refractivity contribution >= 4 is 13.4 Å². The van der Waals surface area contributed by atoms with Crippen LogP contribution in [-0.2, 0) is 9.09 Å². The van der Waals surface area contributed by atoms with Gasteiger partial charge in [-0.25, -0.2) is 0 Å². The minimum absolute atomic E-state index is 0.0955. The fourth-order valence-electron chi connectivity index (χ4n) is 1.42. The van der Waals surface area contributed by atoms with E-state index < -0.39 is 37.2 Å². The largest absolute Gasteiger partial charge is 0.573 e. The Bertz CT molecular complexity index is 529. The van der Waals surface area contributed by atoms with Gasteiger partial charge in [-0.05, 0) is 19.1 Å². The third-order valence-corrected chi connectivity index (χ3v) is 3.44. The molecule has 1 atom stereocenters. The molecule has 0 aliphatic heterocycles. The number of halogens is 3. The molecule has 1 unspecified atom stereocenters. The SMILES string of the molecule is CCOP(=O)(O)CC(=O)c1ccccc1OC(F)(F)F. The number of hydrogen-bond donors (Lipinski definition) is 1. The van der Waals surface area contributed by atoms with Crippen LogP contribution in [0.15, 0.2) is 24.3 Å². The van der Waals surface area contributed by atoms with E-state index in [1.165, 1.54) is 19.1 Å². The lowest BCUT2D eigenvalue weighted by atomic mass is 10.1. The van der Waals surface area contributed by atoms with Crippen LogP contribution in [0.4, 0.5) is 13.2 Å². The van der Waals surface area contributed by atoms with Crippen LogP contribution in [0.3, 0.4) is 0 Å². The monoisotopic (exact) mass is 312 g/mol. The summed E-state index contributed by atoms with van der Waals surface area (Å²) in [5.74, 6) is -1.69. The predicted molar refractivity (Wildman–Crippen MR) is 63.8 cm³/mol. The van der Waals surface area contributed by atoms with Crippen LogP contribution in [-0.4, -0.2) is 29.8 Å². The molecule has 0 heterocycles. The number of rotatable bonds is 6. The number of alkyl halides is 3. The highest BCUT2D eigenvalue weighted by atomic mass is 31.2. The summed E-state index contributed by atoms with van der Waals surface area (Å²) in [7, 11) is -4.17. The van der Waals surface area contributed by atoms with Crippen LogP contribution in [0, 0.1) is 0 Å². The second-order valence-corrected chi connectivity index (χ2v) is 5.53. The zero-order valence-corrected chi connectivity index (χ0v) is 11.3. The predicted octanol–water partition coefficient (Wildman–Crippen LogP) is 2.99. The van der Waals surface area contributed by atoms with E-state index >= 15 is 0 Å². The highest BCUT2D eigenvalue weighted by Gasteiger charge is 2.33. The number of ketones is 1. The van der Waals surface area contributed by atoms with Crippen molar-refractivity contribution in [3.8, 4) is 5.75 Å². The zero-order valence-electron chi connectivity index (χ0n) is 10.4. The van der Waals surface area contributed by atoms with Gasteiger partial charge < -0.3 is 14.2 Å². The van der Waals surface area contributed by atoms with Crippen molar-refractivity contribution in [1.82, 2.24) is 0 Å². The number of para-hydroxylation sites is 1. The standard InChI is InChI=1S/C11H12F3O5P/c1-2-18-20(16,17)7-9(15)8-5-3-4-6-10(8)19-11(12,13)14/h3-6H,2,7H2,1H3,(H,16,17). The average molecular weight is 312 g/mol. The lowest BCUT2D eigenvalue weighted by Crippen LogP contribution is -2.19. The molecule has 1 N–H and O–H groups in total. The molecule has 0 aliphatic rings. The summed E-state index contributed by atoms with van der Waals surface area (Å²) in [6, 6.07) is 4.59. The van der Waals surface area contributed by atoms with Crippen molar-refractivity contribution in [3.05, 3.63) is 29.8 Å². The van der Waals surface area contributed by atoms with Crippen molar-refractivity contribution in [3.63, 3.8) is 0 Å². The van der Waals surface area contributed by atoms with E-state index in [1.807, 2.05) is 0 Å². The summed E-state index contributed by atoms with van der Waals surface area (Å²) in [4.78, 5) is 21.1. The number of ether oxygens (including phenoxy) is 1. The second kappa shape index (κ2) is 6.39. The van der Waals surface area contributed by atoms with E-state index in [0.29, 0.717) is 0 Å². The molecule has 0 aromatic heterocycles. The Morgan fingerprint density at radius 3 is 2.50 bits per heavy atom. The van der Waals surface area contributed by atoms with E-state index in [1.54, 1.807) is 0 Å². The van der Waals surface area contributed by atoms with E-state index in [-0.39, 0.29) is 6.61 Å². The summed E-state index contributed by atoms with van der Waals surface area (Å²) in [6.45, 7) is 1.36. The third-order valence-electron chi connectivity index (χ3n) is 2.09. The minimum atomic E-state index is -4.96. The highest BCUT2D eigenvalue weighted by Crippen LogP contribution is 2.42. The van der Waals surface area contributed by atoms with Crippen LogP contribution in [0.2, 0.25) is 0 Å². The van der Waals surface area contributed by atoms with Crippen LogP contribution < -0.4 is 4.74 Å². The number of Topliss-reactive ketones (excluding diaryl/α,β-unsaturated/α-hetero) is 1. The molecule has 9 heteroatoms. The lowest BCUT2D eigenvalue weighted by molar-refractivity contribution is -0.274. The van der Waals surface area contributed by atoms with Gasteiger partial charge in [-0.15, -0.1) is 13.2 Å². The van der Waals surface area contributed by atoms with Crippen molar-refractivity contribution < 1.29 is 36.7 Å². The first-order valence-corrected chi connectivity index (χ1v) is 7.25. The summed E-state index contributed by atoms with van der Waals surface area (Å²) >= 11 is 0. The summed E-state index contributed by atoms with van der Waals surface area (Å²) in [5.41, 5.74) is -0.432. The van der Waals surface area contributed by atoms with Crippen LogP contribution >= 0.6 is 7.60 Å². The first kappa shape index (κ1) is 16.7.